The molecule has 0 unspecified atom stereocenters. The fraction of sp³-hybridized carbons (Fsp3) is 0. The number of furan rings is 1. The van der Waals surface area contributed by atoms with Crippen molar-refractivity contribution >= 4 is 12.1 Å². The molecule has 0 fully saturated rings. The van der Waals surface area contributed by atoms with Crippen molar-refractivity contribution in [2.75, 3.05) is 0 Å². The predicted octanol–water partition coefficient (Wildman–Crippen LogP) is 4.13. The summed E-state index contributed by atoms with van der Waals surface area (Å²) < 4.78 is 18.4. The van der Waals surface area contributed by atoms with Gasteiger partial charge in [0.1, 0.15) is 11.6 Å². The molecule has 0 N–H and O–H groups in total. The maximum atomic E-state index is 13.0. The third kappa shape index (κ3) is 2.59. The Balaban J connectivity index is 2.06. The predicted molar refractivity (Wildman–Crippen MR) is 79.4 cm³/mol. The highest BCUT2D eigenvalue weighted by atomic mass is 19.1. The number of benzene rings is 2. The molecule has 0 saturated heterocycles. The first-order valence-corrected chi connectivity index (χ1v) is 6.64. The average molecular weight is 294 g/mol. The van der Waals surface area contributed by atoms with Gasteiger partial charge in [0.15, 0.2) is 17.8 Å². The van der Waals surface area contributed by atoms with Gasteiger partial charge in [0.05, 0.1) is 0 Å². The van der Waals surface area contributed by atoms with Crippen LogP contribution in [0.15, 0.2) is 65.1 Å². The SMILES string of the molecule is O=Cc1ccc(-c2ccccc2C(=O)c2ccc(F)cc2)o1. The van der Waals surface area contributed by atoms with Crippen LogP contribution in [-0.2, 0) is 0 Å². The fourth-order valence-corrected chi connectivity index (χ4v) is 2.21. The van der Waals surface area contributed by atoms with Crippen molar-refractivity contribution in [3.63, 3.8) is 0 Å². The minimum absolute atomic E-state index is 0.194. The normalized spacial score (nSPS) is 10.4. The molecule has 0 saturated carbocycles. The molecule has 4 heteroatoms. The van der Waals surface area contributed by atoms with Gasteiger partial charge in [-0.3, -0.25) is 9.59 Å². The summed E-state index contributed by atoms with van der Waals surface area (Å²) in [5, 5.41) is 0. The molecule has 0 radical (unpaired) electrons. The monoisotopic (exact) mass is 294 g/mol. The second kappa shape index (κ2) is 5.77. The second-order valence-corrected chi connectivity index (χ2v) is 4.70. The highest BCUT2D eigenvalue weighted by Crippen LogP contribution is 2.27. The van der Waals surface area contributed by atoms with Gasteiger partial charge in [-0.1, -0.05) is 24.3 Å². The lowest BCUT2D eigenvalue weighted by molar-refractivity contribution is 0.103. The molecule has 0 aliphatic carbocycles. The molecule has 0 atom stereocenters. The van der Waals surface area contributed by atoms with E-state index in [0.29, 0.717) is 28.7 Å². The number of hydrogen-bond acceptors (Lipinski definition) is 3. The van der Waals surface area contributed by atoms with Crippen LogP contribution in [-0.4, -0.2) is 12.1 Å². The summed E-state index contributed by atoms with van der Waals surface area (Å²) in [5.74, 6) is -0.00153. The Morgan fingerprint density at radius 3 is 2.36 bits per heavy atom. The molecule has 3 aromatic rings. The summed E-state index contributed by atoms with van der Waals surface area (Å²) in [6.45, 7) is 0. The van der Waals surface area contributed by atoms with E-state index in [1.165, 1.54) is 24.3 Å². The smallest absolute Gasteiger partial charge is 0.193 e. The van der Waals surface area contributed by atoms with Crippen molar-refractivity contribution in [3.05, 3.63) is 83.4 Å². The minimum Gasteiger partial charge on any atom is -0.453 e. The third-order valence-corrected chi connectivity index (χ3v) is 3.29. The summed E-state index contributed by atoms with van der Waals surface area (Å²) in [6, 6.07) is 15.5. The van der Waals surface area contributed by atoms with Gasteiger partial charge in [-0.2, -0.15) is 0 Å². The van der Waals surface area contributed by atoms with Gasteiger partial charge in [0, 0.05) is 16.7 Å². The standard InChI is InChI=1S/C18H11FO3/c19-13-7-5-12(6-8-13)18(21)16-4-2-1-3-15(16)17-10-9-14(11-20)22-17/h1-11H. The molecule has 0 amide bonds. The van der Waals surface area contributed by atoms with E-state index in [1.54, 1.807) is 36.4 Å². The zero-order valence-electron chi connectivity index (χ0n) is 11.5. The van der Waals surface area contributed by atoms with Crippen LogP contribution < -0.4 is 0 Å². The molecule has 0 aliphatic rings. The van der Waals surface area contributed by atoms with Gasteiger partial charge in [-0.15, -0.1) is 0 Å². The van der Waals surface area contributed by atoms with Crippen molar-refractivity contribution in [1.29, 1.82) is 0 Å². The van der Waals surface area contributed by atoms with E-state index in [0.717, 1.165) is 0 Å². The van der Waals surface area contributed by atoms with Crippen LogP contribution in [0.4, 0.5) is 4.39 Å². The fourth-order valence-electron chi connectivity index (χ4n) is 2.21. The van der Waals surface area contributed by atoms with E-state index in [-0.39, 0.29) is 11.5 Å². The lowest BCUT2D eigenvalue weighted by Gasteiger charge is -2.06. The maximum Gasteiger partial charge on any atom is 0.193 e. The number of carbonyl (C=O) groups excluding carboxylic acids is 2. The highest BCUT2D eigenvalue weighted by Gasteiger charge is 2.16. The summed E-state index contributed by atoms with van der Waals surface area (Å²) >= 11 is 0. The quantitative estimate of drug-likeness (QED) is 0.537. The van der Waals surface area contributed by atoms with Gasteiger partial charge in [0.2, 0.25) is 0 Å². The Labute approximate surface area is 126 Å². The van der Waals surface area contributed by atoms with E-state index < -0.39 is 5.82 Å². The lowest BCUT2D eigenvalue weighted by atomic mass is 9.97. The summed E-state index contributed by atoms with van der Waals surface area (Å²) in [5.41, 5.74) is 1.40. The summed E-state index contributed by atoms with van der Waals surface area (Å²) in [4.78, 5) is 23.3. The molecule has 0 spiro atoms. The first-order chi connectivity index (χ1) is 10.7. The van der Waals surface area contributed by atoms with Crippen LogP contribution in [0.3, 0.4) is 0 Å². The Bertz CT molecular complexity index is 832. The molecule has 3 rings (SSSR count). The molecule has 108 valence electrons. The zero-order valence-corrected chi connectivity index (χ0v) is 11.5. The molecule has 22 heavy (non-hydrogen) atoms. The van der Waals surface area contributed by atoms with Crippen molar-refractivity contribution in [2.24, 2.45) is 0 Å². The van der Waals surface area contributed by atoms with E-state index >= 15 is 0 Å². The van der Waals surface area contributed by atoms with Crippen LogP contribution in [0.25, 0.3) is 11.3 Å². The van der Waals surface area contributed by atoms with Gasteiger partial charge < -0.3 is 4.42 Å². The number of halogens is 1. The zero-order chi connectivity index (χ0) is 15.5. The number of ketones is 1. The Kier molecular flexibility index (Phi) is 3.66. The van der Waals surface area contributed by atoms with Gasteiger partial charge >= 0.3 is 0 Å². The topological polar surface area (TPSA) is 47.3 Å². The van der Waals surface area contributed by atoms with E-state index in [1.807, 2.05) is 0 Å². The van der Waals surface area contributed by atoms with Crippen molar-refractivity contribution in [3.8, 4) is 11.3 Å². The van der Waals surface area contributed by atoms with Crippen molar-refractivity contribution in [1.82, 2.24) is 0 Å². The molecule has 1 heterocycles. The highest BCUT2D eigenvalue weighted by molar-refractivity contribution is 6.12. The van der Waals surface area contributed by atoms with Gasteiger partial charge in [0.25, 0.3) is 0 Å². The molecule has 0 aliphatic heterocycles. The molecular weight excluding hydrogens is 283 g/mol. The average Bonchev–Trinajstić information content (AvgIpc) is 3.04. The van der Waals surface area contributed by atoms with Crippen LogP contribution in [0.2, 0.25) is 0 Å². The lowest BCUT2D eigenvalue weighted by Crippen LogP contribution is -2.03. The number of carbonyl (C=O) groups is 2. The Morgan fingerprint density at radius 1 is 0.955 bits per heavy atom. The minimum atomic E-state index is -0.397. The molecule has 1 aromatic heterocycles. The van der Waals surface area contributed by atoms with Crippen molar-refractivity contribution < 1.29 is 18.4 Å². The summed E-state index contributed by atoms with van der Waals surface area (Å²) in [6.07, 6.45) is 0.605. The van der Waals surface area contributed by atoms with Crippen LogP contribution in [0, 0.1) is 5.82 Å². The van der Waals surface area contributed by atoms with Crippen LogP contribution in [0.1, 0.15) is 26.5 Å². The van der Waals surface area contributed by atoms with Gasteiger partial charge in [-0.05, 0) is 36.4 Å². The first kappa shape index (κ1) is 13.9. The number of hydrogen-bond donors (Lipinski definition) is 0. The first-order valence-electron chi connectivity index (χ1n) is 6.64. The number of aldehydes is 1. The second-order valence-electron chi connectivity index (χ2n) is 4.70. The third-order valence-electron chi connectivity index (χ3n) is 3.29. The van der Waals surface area contributed by atoms with Crippen LogP contribution >= 0.6 is 0 Å². The molecule has 0 bridgehead atoms. The molecule has 3 nitrogen and oxygen atoms in total. The van der Waals surface area contributed by atoms with Gasteiger partial charge in [-0.25, -0.2) is 4.39 Å². The van der Waals surface area contributed by atoms with Crippen LogP contribution in [0.5, 0.6) is 0 Å². The Hall–Kier alpha value is -3.01. The van der Waals surface area contributed by atoms with E-state index in [2.05, 4.69) is 0 Å². The largest absolute Gasteiger partial charge is 0.453 e. The van der Waals surface area contributed by atoms with Crippen molar-refractivity contribution in [2.45, 2.75) is 0 Å². The Morgan fingerprint density at radius 2 is 1.68 bits per heavy atom. The summed E-state index contributed by atoms with van der Waals surface area (Å²) in [7, 11) is 0. The number of rotatable bonds is 4. The van der Waals surface area contributed by atoms with E-state index in [4.69, 9.17) is 4.42 Å². The maximum absolute atomic E-state index is 13.0. The van der Waals surface area contributed by atoms with E-state index in [9.17, 15) is 14.0 Å². The molecule has 2 aromatic carbocycles. The molecular formula is C18H11FO3.